The zero-order valence-electron chi connectivity index (χ0n) is 11.9. The van der Waals surface area contributed by atoms with E-state index in [9.17, 15) is 4.79 Å². The van der Waals surface area contributed by atoms with Gasteiger partial charge in [-0.1, -0.05) is 35.0 Å². The quantitative estimate of drug-likeness (QED) is 0.455. The third-order valence-corrected chi connectivity index (χ3v) is 3.00. The summed E-state index contributed by atoms with van der Waals surface area (Å²) in [5, 5.41) is 17.4. The van der Waals surface area contributed by atoms with Crippen molar-refractivity contribution in [1.29, 1.82) is 0 Å². The number of benzene rings is 2. The van der Waals surface area contributed by atoms with Crippen LogP contribution in [-0.4, -0.2) is 17.0 Å². The second-order valence-corrected chi connectivity index (χ2v) is 4.71. The van der Waals surface area contributed by atoms with Crippen molar-refractivity contribution in [2.24, 2.45) is 5.16 Å². The van der Waals surface area contributed by atoms with Gasteiger partial charge < -0.3 is 15.8 Å². The van der Waals surface area contributed by atoms with Crippen molar-refractivity contribution >= 4 is 23.1 Å². The second kappa shape index (κ2) is 6.56. The first kappa shape index (κ1) is 14.6. The summed E-state index contributed by atoms with van der Waals surface area (Å²) in [4.78, 5) is 11.9. The summed E-state index contributed by atoms with van der Waals surface area (Å²) < 4.78 is 0. The van der Waals surface area contributed by atoms with Crippen LogP contribution in [0.25, 0.3) is 0 Å². The Morgan fingerprint density at radius 3 is 2.38 bits per heavy atom. The van der Waals surface area contributed by atoms with Crippen LogP contribution in [0, 0.1) is 6.92 Å². The molecule has 0 atom stereocenters. The van der Waals surface area contributed by atoms with E-state index in [4.69, 9.17) is 5.21 Å². The maximum absolute atomic E-state index is 11.9. The lowest BCUT2D eigenvalue weighted by molar-refractivity contribution is 0.262. The molecule has 0 radical (unpaired) electrons. The Labute approximate surface area is 123 Å². The summed E-state index contributed by atoms with van der Waals surface area (Å²) in [5.74, 6) is 0. The molecule has 2 aromatic carbocycles. The van der Waals surface area contributed by atoms with Gasteiger partial charge in [-0.2, -0.15) is 0 Å². The molecule has 0 unspecified atom stereocenters. The first-order valence-electron chi connectivity index (χ1n) is 6.52. The fourth-order valence-electron chi connectivity index (χ4n) is 1.81. The number of carbonyl (C=O) groups is 1. The van der Waals surface area contributed by atoms with Gasteiger partial charge >= 0.3 is 6.03 Å². The molecular formula is C16H17N3O2. The minimum absolute atomic E-state index is 0.324. The van der Waals surface area contributed by atoms with Crippen molar-refractivity contribution in [1.82, 2.24) is 0 Å². The van der Waals surface area contributed by atoms with Gasteiger partial charge in [-0.05, 0) is 38.1 Å². The average Bonchev–Trinajstić information content (AvgIpc) is 2.49. The number of rotatable bonds is 3. The summed E-state index contributed by atoms with van der Waals surface area (Å²) in [7, 11) is 0. The maximum Gasteiger partial charge on any atom is 0.323 e. The lowest BCUT2D eigenvalue weighted by Gasteiger charge is -2.09. The van der Waals surface area contributed by atoms with Crippen LogP contribution in [0.4, 0.5) is 16.2 Å². The number of nitrogens with zero attached hydrogens (tertiary/aromatic N) is 1. The van der Waals surface area contributed by atoms with Gasteiger partial charge in [-0.3, -0.25) is 0 Å². The molecule has 0 heterocycles. The van der Waals surface area contributed by atoms with Crippen molar-refractivity contribution in [3.63, 3.8) is 0 Å². The molecule has 0 aromatic heterocycles. The Balaban J connectivity index is 2.04. The number of nitrogens with one attached hydrogen (secondary N) is 2. The first-order chi connectivity index (χ1) is 10.1. The molecule has 0 bridgehead atoms. The number of oxime groups is 1. The molecule has 0 saturated heterocycles. The van der Waals surface area contributed by atoms with E-state index >= 15 is 0 Å². The molecule has 0 fully saturated rings. The summed E-state index contributed by atoms with van der Waals surface area (Å²) in [6.45, 7) is 3.67. The number of hydrogen-bond donors (Lipinski definition) is 3. The number of hydrogen-bond acceptors (Lipinski definition) is 3. The highest BCUT2D eigenvalue weighted by Crippen LogP contribution is 2.13. The van der Waals surface area contributed by atoms with Crippen LogP contribution in [0.15, 0.2) is 53.7 Å². The Morgan fingerprint density at radius 2 is 1.71 bits per heavy atom. The van der Waals surface area contributed by atoms with Crippen LogP contribution in [0.1, 0.15) is 18.1 Å². The molecule has 0 spiro atoms. The second-order valence-electron chi connectivity index (χ2n) is 4.71. The lowest BCUT2D eigenvalue weighted by Crippen LogP contribution is -2.19. The number of aryl methyl sites for hydroxylation is 1. The summed E-state index contributed by atoms with van der Waals surface area (Å²) in [5.41, 5.74) is 3.71. The highest BCUT2D eigenvalue weighted by atomic mass is 16.4. The molecule has 0 aliphatic heterocycles. The van der Waals surface area contributed by atoms with Gasteiger partial charge in [0, 0.05) is 16.9 Å². The zero-order chi connectivity index (χ0) is 15.2. The normalized spacial score (nSPS) is 11.0. The Morgan fingerprint density at radius 1 is 1.05 bits per heavy atom. The summed E-state index contributed by atoms with van der Waals surface area (Å²) >= 11 is 0. The number of urea groups is 1. The summed E-state index contributed by atoms with van der Waals surface area (Å²) in [6, 6.07) is 14.3. The first-order valence-corrected chi connectivity index (χ1v) is 6.52. The molecule has 0 aliphatic rings. The van der Waals surface area contributed by atoms with Crippen molar-refractivity contribution in [2.75, 3.05) is 10.6 Å². The maximum atomic E-state index is 11.9. The van der Waals surface area contributed by atoms with Crippen molar-refractivity contribution in [3.05, 3.63) is 59.7 Å². The van der Waals surface area contributed by atoms with Crippen LogP contribution in [-0.2, 0) is 0 Å². The molecule has 2 amide bonds. The van der Waals surface area contributed by atoms with Crippen LogP contribution in [0.2, 0.25) is 0 Å². The molecule has 0 aliphatic carbocycles. The molecule has 0 saturated carbocycles. The Hall–Kier alpha value is -2.82. The summed E-state index contributed by atoms with van der Waals surface area (Å²) in [6.07, 6.45) is 0. The van der Waals surface area contributed by atoms with E-state index in [0.717, 1.165) is 16.8 Å². The largest absolute Gasteiger partial charge is 0.411 e. The Kier molecular flexibility index (Phi) is 4.56. The van der Waals surface area contributed by atoms with Crippen LogP contribution in [0.3, 0.4) is 0 Å². The van der Waals surface area contributed by atoms with E-state index in [1.807, 2.05) is 31.2 Å². The predicted molar refractivity (Wildman–Crippen MR) is 84.3 cm³/mol. The van der Waals surface area contributed by atoms with Gasteiger partial charge in [0.15, 0.2) is 0 Å². The van der Waals surface area contributed by atoms with Gasteiger partial charge in [0.05, 0.1) is 5.71 Å². The van der Waals surface area contributed by atoms with E-state index < -0.39 is 0 Å². The molecular weight excluding hydrogens is 266 g/mol. The smallest absolute Gasteiger partial charge is 0.323 e. The van der Waals surface area contributed by atoms with Crippen molar-refractivity contribution < 1.29 is 10.0 Å². The number of carbonyl (C=O) groups excluding carboxylic acids is 1. The topological polar surface area (TPSA) is 73.7 Å². The van der Waals surface area contributed by atoms with E-state index in [-0.39, 0.29) is 6.03 Å². The molecule has 21 heavy (non-hydrogen) atoms. The van der Waals surface area contributed by atoms with Crippen molar-refractivity contribution in [3.8, 4) is 0 Å². The van der Waals surface area contributed by atoms with Crippen molar-refractivity contribution in [2.45, 2.75) is 13.8 Å². The van der Waals surface area contributed by atoms with E-state index in [2.05, 4.69) is 15.8 Å². The van der Waals surface area contributed by atoms with E-state index in [1.165, 1.54) is 0 Å². The molecule has 5 nitrogen and oxygen atoms in total. The average molecular weight is 283 g/mol. The molecule has 2 rings (SSSR count). The fourth-order valence-corrected chi connectivity index (χ4v) is 1.81. The van der Waals surface area contributed by atoms with E-state index in [0.29, 0.717) is 11.4 Å². The number of anilines is 2. The molecule has 2 aromatic rings. The van der Waals surface area contributed by atoms with Gasteiger partial charge in [0.25, 0.3) is 0 Å². The van der Waals surface area contributed by atoms with Crippen LogP contribution >= 0.6 is 0 Å². The highest BCUT2D eigenvalue weighted by Gasteiger charge is 2.04. The zero-order valence-corrected chi connectivity index (χ0v) is 11.9. The Bertz CT molecular complexity index is 663. The minimum Gasteiger partial charge on any atom is -0.411 e. The SMILES string of the molecule is C/C(=N\O)c1cccc(NC(=O)Nc2ccc(C)cc2)c1. The third kappa shape index (κ3) is 4.07. The molecule has 3 N–H and O–H groups in total. The van der Waals surface area contributed by atoms with Gasteiger partial charge in [-0.25, -0.2) is 4.79 Å². The molecule has 108 valence electrons. The fraction of sp³-hybridized carbons (Fsp3) is 0.125. The minimum atomic E-state index is -0.324. The van der Waals surface area contributed by atoms with E-state index in [1.54, 1.807) is 31.2 Å². The number of amides is 2. The molecule has 5 heteroatoms. The highest BCUT2D eigenvalue weighted by molar-refractivity contribution is 6.02. The van der Waals surface area contributed by atoms with Crippen LogP contribution < -0.4 is 10.6 Å². The predicted octanol–water partition coefficient (Wildman–Crippen LogP) is 3.84. The van der Waals surface area contributed by atoms with Gasteiger partial charge in [0.1, 0.15) is 0 Å². The lowest BCUT2D eigenvalue weighted by atomic mass is 10.1. The van der Waals surface area contributed by atoms with Gasteiger partial charge in [0.2, 0.25) is 0 Å². The monoisotopic (exact) mass is 283 g/mol. The van der Waals surface area contributed by atoms with Crippen LogP contribution in [0.5, 0.6) is 0 Å². The standard InChI is InChI=1S/C16H17N3O2/c1-11-6-8-14(9-7-11)17-16(20)18-15-5-3-4-13(10-15)12(2)19-21/h3-10,21H,1-2H3,(H2,17,18,20)/b19-12+. The van der Waals surface area contributed by atoms with Gasteiger partial charge in [-0.15, -0.1) is 0 Å². The third-order valence-electron chi connectivity index (χ3n) is 3.00.